The maximum absolute atomic E-state index is 11.7. The van der Waals surface area contributed by atoms with Crippen LogP contribution in [-0.4, -0.2) is 27.6 Å². The molecule has 0 spiro atoms. The minimum absolute atomic E-state index is 0.154. The molecule has 2 aromatic carbocycles. The third kappa shape index (κ3) is 3.56. The van der Waals surface area contributed by atoms with Gasteiger partial charge in [0.05, 0.1) is 18.2 Å². The number of hydrogen-bond donors (Lipinski definition) is 2. The standard InChI is InChI=1S/C20H19NO4/c1-2-3-19-18(13-22)20(15-6-10-17(24)11-7-15)25-21(19)12-14-4-8-16(23)9-5-14/h2-11,13,19,23-24H,12H2,1H3/b3-2+. The van der Waals surface area contributed by atoms with E-state index in [4.69, 9.17) is 4.84 Å². The van der Waals surface area contributed by atoms with E-state index >= 15 is 0 Å². The lowest BCUT2D eigenvalue weighted by Crippen LogP contribution is -2.29. The Hall–Kier alpha value is -3.05. The summed E-state index contributed by atoms with van der Waals surface area (Å²) in [7, 11) is 0. The molecule has 0 aromatic heterocycles. The van der Waals surface area contributed by atoms with Crippen molar-refractivity contribution in [3.05, 3.63) is 77.4 Å². The third-order valence-electron chi connectivity index (χ3n) is 4.01. The van der Waals surface area contributed by atoms with Gasteiger partial charge in [0.2, 0.25) is 0 Å². The molecule has 1 unspecified atom stereocenters. The molecular weight excluding hydrogens is 318 g/mol. The first-order valence-electron chi connectivity index (χ1n) is 7.96. The highest BCUT2D eigenvalue weighted by Gasteiger charge is 2.34. The van der Waals surface area contributed by atoms with E-state index in [2.05, 4.69) is 0 Å². The van der Waals surface area contributed by atoms with Crippen molar-refractivity contribution in [3.8, 4) is 11.5 Å². The van der Waals surface area contributed by atoms with E-state index in [-0.39, 0.29) is 17.5 Å². The fourth-order valence-corrected chi connectivity index (χ4v) is 2.77. The smallest absolute Gasteiger partial charge is 0.163 e. The largest absolute Gasteiger partial charge is 0.508 e. The van der Waals surface area contributed by atoms with Crippen LogP contribution in [0, 0.1) is 0 Å². The summed E-state index contributed by atoms with van der Waals surface area (Å²) < 4.78 is 0. The van der Waals surface area contributed by atoms with Crippen LogP contribution in [0.4, 0.5) is 0 Å². The fraction of sp³-hybridized carbons (Fsp3) is 0.150. The van der Waals surface area contributed by atoms with Gasteiger partial charge in [-0.3, -0.25) is 4.79 Å². The molecule has 5 heteroatoms. The first-order valence-corrected chi connectivity index (χ1v) is 7.96. The molecule has 0 aliphatic carbocycles. The topological polar surface area (TPSA) is 70.0 Å². The number of carbonyl (C=O) groups excluding carboxylic acids is 1. The Labute approximate surface area is 146 Å². The van der Waals surface area contributed by atoms with Crippen molar-refractivity contribution in [1.29, 1.82) is 0 Å². The summed E-state index contributed by atoms with van der Waals surface area (Å²) in [5.74, 6) is 0.838. The van der Waals surface area contributed by atoms with Crippen LogP contribution < -0.4 is 0 Å². The van der Waals surface area contributed by atoms with Crippen molar-refractivity contribution in [2.24, 2.45) is 0 Å². The molecule has 2 aromatic rings. The average molecular weight is 337 g/mol. The Bertz CT molecular complexity index is 807. The Kier molecular flexibility index (Phi) is 4.86. The molecule has 0 saturated carbocycles. The summed E-state index contributed by atoms with van der Waals surface area (Å²) in [6.07, 6.45) is 4.59. The molecule has 128 valence electrons. The molecule has 1 aliphatic rings. The first-order chi connectivity index (χ1) is 12.1. The molecule has 0 bridgehead atoms. The van der Waals surface area contributed by atoms with Gasteiger partial charge in [-0.25, -0.2) is 0 Å². The minimum atomic E-state index is -0.305. The van der Waals surface area contributed by atoms with Gasteiger partial charge in [0.15, 0.2) is 12.0 Å². The summed E-state index contributed by atoms with van der Waals surface area (Å²) >= 11 is 0. The predicted octanol–water partition coefficient (Wildman–Crippen LogP) is 3.40. The van der Waals surface area contributed by atoms with Gasteiger partial charge < -0.3 is 15.1 Å². The zero-order valence-electron chi connectivity index (χ0n) is 13.8. The van der Waals surface area contributed by atoms with Crippen LogP contribution in [0.25, 0.3) is 5.76 Å². The second-order valence-corrected chi connectivity index (χ2v) is 5.75. The molecule has 0 fully saturated rings. The van der Waals surface area contributed by atoms with Crippen molar-refractivity contribution in [1.82, 2.24) is 5.06 Å². The fourth-order valence-electron chi connectivity index (χ4n) is 2.77. The van der Waals surface area contributed by atoms with E-state index in [1.54, 1.807) is 41.5 Å². The highest BCUT2D eigenvalue weighted by atomic mass is 16.7. The average Bonchev–Trinajstić information content (AvgIpc) is 2.95. The number of phenolic OH excluding ortho intramolecular Hbond substituents is 2. The zero-order chi connectivity index (χ0) is 17.8. The highest BCUT2D eigenvalue weighted by molar-refractivity contribution is 5.89. The monoisotopic (exact) mass is 337 g/mol. The molecule has 1 aliphatic heterocycles. The number of aldehydes is 1. The van der Waals surface area contributed by atoms with E-state index in [1.807, 2.05) is 31.2 Å². The van der Waals surface area contributed by atoms with E-state index in [0.717, 1.165) is 17.4 Å². The van der Waals surface area contributed by atoms with E-state index < -0.39 is 0 Å². The lowest BCUT2D eigenvalue weighted by molar-refractivity contribution is -0.107. The van der Waals surface area contributed by atoms with E-state index in [9.17, 15) is 15.0 Å². The molecule has 0 saturated heterocycles. The van der Waals surface area contributed by atoms with E-state index in [0.29, 0.717) is 17.9 Å². The van der Waals surface area contributed by atoms with Gasteiger partial charge in [0.25, 0.3) is 0 Å². The predicted molar refractivity (Wildman–Crippen MR) is 94.4 cm³/mol. The Morgan fingerprint density at radius 2 is 1.64 bits per heavy atom. The first kappa shape index (κ1) is 16.8. The number of nitrogens with zero attached hydrogens (tertiary/aromatic N) is 1. The molecule has 3 rings (SSSR count). The molecule has 5 nitrogen and oxygen atoms in total. The number of rotatable bonds is 5. The van der Waals surface area contributed by atoms with Crippen molar-refractivity contribution >= 4 is 12.0 Å². The number of hydroxylamine groups is 2. The number of allylic oxidation sites excluding steroid dienone is 1. The molecule has 0 amide bonds. The van der Waals surface area contributed by atoms with Crippen LogP contribution in [0.5, 0.6) is 11.5 Å². The van der Waals surface area contributed by atoms with Gasteiger partial charge in [-0.05, 0) is 48.9 Å². The summed E-state index contributed by atoms with van der Waals surface area (Å²) in [6.45, 7) is 2.34. The van der Waals surface area contributed by atoms with E-state index in [1.165, 1.54) is 0 Å². The number of hydrogen-bond acceptors (Lipinski definition) is 5. The van der Waals surface area contributed by atoms with Crippen molar-refractivity contribution in [2.75, 3.05) is 0 Å². The number of carbonyl (C=O) groups is 1. The molecule has 0 radical (unpaired) electrons. The summed E-state index contributed by atoms with van der Waals surface area (Å²) in [5, 5.41) is 20.6. The lowest BCUT2D eigenvalue weighted by Gasteiger charge is -2.21. The van der Waals surface area contributed by atoms with Crippen LogP contribution in [0.15, 0.2) is 66.3 Å². The van der Waals surface area contributed by atoms with Gasteiger partial charge in [-0.2, -0.15) is 0 Å². The number of benzene rings is 2. The Morgan fingerprint density at radius 3 is 2.20 bits per heavy atom. The van der Waals surface area contributed by atoms with Gasteiger partial charge >= 0.3 is 0 Å². The SMILES string of the molecule is C/C=C/C1C(C=O)=C(c2ccc(O)cc2)ON1Cc1ccc(O)cc1. The van der Waals surface area contributed by atoms with Gasteiger partial charge in [-0.15, -0.1) is 5.06 Å². The second-order valence-electron chi connectivity index (χ2n) is 5.75. The van der Waals surface area contributed by atoms with Gasteiger partial charge in [0.1, 0.15) is 11.5 Å². The third-order valence-corrected chi connectivity index (χ3v) is 4.01. The molecule has 1 heterocycles. The van der Waals surface area contributed by atoms with Crippen LogP contribution >= 0.6 is 0 Å². The van der Waals surface area contributed by atoms with Crippen LogP contribution in [0.2, 0.25) is 0 Å². The number of phenols is 2. The molecule has 25 heavy (non-hydrogen) atoms. The second kappa shape index (κ2) is 7.23. The van der Waals surface area contributed by atoms with Crippen LogP contribution in [0.3, 0.4) is 0 Å². The normalized spacial score (nSPS) is 17.9. The Morgan fingerprint density at radius 1 is 1.04 bits per heavy atom. The number of aromatic hydroxyl groups is 2. The van der Waals surface area contributed by atoms with Crippen LogP contribution in [-0.2, 0) is 16.2 Å². The maximum Gasteiger partial charge on any atom is 0.163 e. The van der Waals surface area contributed by atoms with Crippen molar-refractivity contribution in [3.63, 3.8) is 0 Å². The van der Waals surface area contributed by atoms with Crippen LogP contribution in [0.1, 0.15) is 18.1 Å². The maximum atomic E-state index is 11.7. The van der Waals surface area contributed by atoms with Crippen molar-refractivity contribution in [2.45, 2.75) is 19.5 Å². The minimum Gasteiger partial charge on any atom is -0.508 e. The summed E-state index contributed by atoms with van der Waals surface area (Å²) in [4.78, 5) is 17.7. The molecular formula is C20H19NO4. The van der Waals surface area contributed by atoms with Gasteiger partial charge in [-0.1, -0.05) is 24.3 Å². The molecule has 1 atom stereocenters. The lowest BCUT2D eigenvalue weighted by atomic mass is 10.0. The van der Waals surface area contributed by atoms with Crippen molar-refractivity contribution < 1.29 is 19.8 Å². The summed E-state index contributed by atoms with van der Waals surface area (Å²) in [5.41, 5.74) is 2.20. The zero-order valence-corrected chi connectivity index (χ0v) is 13.8. The highest BCUT2D eigenvalue weighted by Crippen LogP contribution is 2.34. The Balaban J connectivity index is 1.92. The summed E-state index contributed by atoms with van der Waals surface area (Å²) in [6, 6.07) is 13.1. The van der Waals surface area contributed by atoms with Gasteiger partial charge in [0, 0.05) is 5.56 Å². The molecule has 2 N–H and O–H groups in total. The quantitative estimate of drug-likeness (QED) is 0.646.